The molecule has 2 unspecified atom stereocenters. The largest absolute Gasteiger partial charge is 0.299 e. The molecule has 1 fully saturated rings. The van der Waals surface area contributed by atoms with Crippen molar-refractivity contribution >= 4 is 11.6 Å². The molecule has 0 N–H and O–H groups in total. The van der Waals surface area contributed by atoms with Gasteiger partial charge in [-0.3, -0.25) is 9.59 Å². The van der Waals surface area contributed by atoms with Crippen LogP contribution in [0.25, 0.3) is 0 Å². The molecule has 2 nitrogen and oxygen atoms in total. The molecule has 2 aliphatic carbocycles. The molecule has 0 aliphatic heterocycles. The average Bonchev–Trinajstić information content (AvgIpc) is 2.18. The van der Waals surface area contributed by atoms with Crippen LogP contribution in [-0.2, 0) is 9.59 Å². The maximum Gasteiger partial charge on any atom is 0.161 e. The highest BCUT2D eigenvalue weighted by Gasteiger charge is 2.45. The fourth-order valence-corrected chi connectivity index (χ4v) is 3.21. The van der Waals surface area contributed by atoms with E-state index in [1.165, 1.54) is 0 Å². The summed E-state index contributed by atoms with van der Waals surface area (Å²) in [6.07, 6.45) is 3.26. The number of ketones is 2. The second-order valence-electron chi connectivity index (χ2n) is 5.18. The summed E-state index contributed by atoms with van der Waals surface area (Å²) in [6.45, 7) is 5.86. The molecular weight excluding hydrogens is 188 g/mol. The van der Waals surface area contributed by atoms with Gasteiger partial charge in [0, 0.05) is 17.8 Å². The second-order valence-corrected chi connectivity index (χ2v) is 5.18. The maximum atomic E-state index is 12.0. The summed E-state index contributed by atoms with van der Waals surface area (Å²) >= 11 is 0. The van der Waals surface area contributed by atoms with Crippen LogP contribution in [0.3, 0.4) is 0 Å². The monoisotopic (exact) mass is 206 g/mol. The second kappa shape index (κ2) is 3.29. The summed E-state index contributed by atoms with van der Waals surface area (Å²) in [4.78, 5) is 23.9. The van der Waals surface area contributed by atoms with Crippen molar-refractivity contribution in [3.63, 3.8) is 0 Å². The molecule has 0 amide bonds. The molecule has 0 aromatic heterocycles. The van der Waals surface area contributed by atoms with E-state index >= 15 is 0 Å². The Hall–Kier alpha value is -0.920. The smallest absolute Gasteiger partial charge is 0.161 e. The van der Waals surface area contributed by atoms with Crippen molar-refractivity contribution in [3.05, 3.63) is 11.1 Å². The molecule has 0 heterocycles. The zero-order chi connectivity index (χ0) is 11.2. The van der Waals surface area contributed by atoms with Crippen molar-refractivity contribution in [2.24, 2.45) is 11.3 Å². The van der Waals surface area contributed by atoms with Crippen LogP contribution in [-0.4, -0.2) is 11.6 Å². The number of Topliss-reactive ketones (excluding diaryl/α,β-unsaturated/α-hetero) is 2. The van der Waals surface area contributed by atoms with Crippen molar-refractivity contribution in [2.75, 3.05) is 0 Å². The van der Waals surface area contributed by atoms with Gasteiger partial charge in [0.15, 0.2) is 5.78 Å². The van der Waals surface area contributed by atoms with E-state index < -0.39 is 0 Å². The number of allylic oxidation sites excluding steroid dienone is 2. The van der Waals surface area contributed by atoms with Gasteiger partial charge in [-0.2, -0.15) is 0 Å². The third kappa shape index (κ3) is 1.38. The molecule has 0 bridgehead atoms. The third-order valence-electron chi connectivity index (χ3n) is 4.10. The highest BCUT2D eigenvalue weighted by molar-refractivity contribution is 6.02. The number of carbonyl (C=O) groups excluding carboxylic acids is 2. The first kappa shape index (κ1) is 10.6. The Morgan fingerprint density at radius 2 is 1.93 bits per heavy atom. The Morgan fingerprint density at radius 1 is 1.27 bits per heavy atom. The molecule has 2 heteroatoms. The predicted molar refractivity (Wildman–Crippen MR) is 58.5 cm³/mol. The van der Waals surface area contributed by atoms with E-state index in [-0.39, 0.29) is 17.1 Å². The SMILES string of the molecule is CC1=C2CCCC(=O)C2(C)CC(C)C1=O. The van der Waals surface area contributed by atoms with Gasteiger partial charge in [-0.1, -0.05) is 12.5 Å². The number of rotatable bonds is 0. The molecule has 15 heavy (non-hydrogen) atoms. The normalized spacial score (nSPS) is 36.9. The molecule has 0 aromatic carbocycles. The lowest BCUT2D eigenvalue weighted by Gasteiger charge is -2.41. The van der Waals surface area contributed by atoms with Crippen LogP contribution < -0.4 is 0 Å². The van der Waals surface area contributed by atoms with E-state index in [0.717, 1.165) is 30.4 Å². The minimum Gasteiger partial charge on any atom is -0.299 e. The number of hydrogen-bond donors (Lipinski definition) is 0. The van der Waals surface area contributed by atoms with Crippen molar-refractivity contribution in [1.82, 2.24) is 0 Å². The number of fused-ring (bicyclic) bond motifs is 1. The Kier molecular flexibility index (Phi) is 2.32. The molecule has 2 atom stereocenters. The first-order valence-corrected chi connectivity index (χ1v) is 5.74. The molecular formula is C13H18O2. The Balaban J connectivity index is 2.53. The first-order valence-electron chi connectivity index (χ1n) is 5.74. The fourth-order valence-electron chi connectivity index (χ4n) is 3.21. The lowest BCUT2D eigenvalue weighted by molar-refractivity contribution is -0.130. The molecule has 0 aromatic rings. The van der Waals surface area contributed by atoms with Gasteiger partial charge < -0.3 is 0 Å². The lowest BCUT2D eigenvalue weighted by Crippen LogP contribution is -2.41. The van der Waals surface area contributed by atoms with Gasteiger partial charge in [0.05, 0.1) is 0 Å². The van der Waals surface area contributed by atoms with Crippen molar-refractivity contribution in [1.29, 1.82) is 0 Å². The summed E-state index contributed by atoms with van der Waals surface area (Å²) in [5.41, 5.74) is 1.67. The topological polar surface area (TPSA) is 34.1 Å². The Morgan fingerprint density at radius 3 is 2.60 bits per heavy atom. The molecule has 82 valence electrons. The minimum atomic E-state index is -0.324. The van der Waals surface area contributed by atoms with Gasteiger partial charge in [-0.15, -0.1) is 0 Å². The van der Waals surface area contributed by atoms with Crippen LogP contribution >= 0.6 is 0 Å². The van der Waals surface area contributed by atoms with E-state index in [4.69, 9.17) is 0 Å². The summed E-state index contributed by atoms with van der Waals surface area (Å²) < 4.78 is 0. The van der Waals surface area contributed by atoms with Gasteiger partial charge in [-0.25, -0.2) is 0 Å². The molecule has 0 radical (unpaired) electrons. The lowest BCUT2D eigenvalue weighted by atomic mass is 9.61. The zero-order valence-electron chi connectivity index (χ0n) is 9.72. The first-order chi connectivity index (χ1) is 6.97. The Bertz CT molecular complexity index is 365. The van der Waals surface area contributed by atoms with Gasteiger partial charge >= 0.3 is 0 Å². The van der Waals surface area contributed by atoms with Crippen molar-refractivity contribution in [2.45, 2.75) is 46.5 Å². The van der Waals surface area contributed by atoms with E-state index in [9.17, 15) is 9.59 Å². The fraction of sp³-hybridized carbons (Fsp3) is 0.692. The van der Waals surface area contributed by atoms with E-state index in [1.54, 1.807) is 0 Å². The third-order valence-corrected chi connectivity index (χ3v) is 4.10. The van der Waals surface area contributed by atoms with E-state index in [1.807, 2.05) is 20.8 Å². The van der Waals surface area contributed by atoms with Crippen LogP contribution in [0.15, 0.2) is 11.1 Å². The highest BCUT2D eigenvalue weighted by atomic mass is 16.1. The van der Waals surface area contributed by atoms with E-state index in [0.29, 0.717) is 12.2 Å². The maximum absolute atomic E-state index is 12.0. The van der Waals surface area contributed by atoms with Gasteiger partial charge in [-0.05, 0) is 38.7 Å². The van der Waals surface area contributed by atoms with Crippen LogP contribution in [0.4, 0.5) is 0 Å². The quantitative estimate of drug-likeness (QED) is 0.610. The predicted octanol–water partition coefficient (Wildman–Crippen LogP) is 2.67. The highest BCUT2D eigenvalue weighted by Crippen LogP contribution is 2.47. The Labute approximate surface area is 90.7 Å². The molecule has 2 rings (SSSR count). The number of hydrogen-bond acceptors (Lipinski definition) is 2. The van der Waals surface area contributed by atoms with Gasteiger partial charge in [0.2, 0.25) is 0 Å². The van der Waals surface area contributed by atoms with Crippen LogP contribution in [0.5, 0.6) is 0 Å². The van der Waals surface area contributed by atoms with Crippen LogP contribution in [0.1, 0.15) is 46.5 Å². The van der Waals surface area contributed by atoms with Crippen LogP contribution in [0.2, 0.25) is 0 Å². The number of carbonyl (C=O) groups is 2. The summed E-state index contributed by atoms with van der Waals surface area (Å²) in [5.74, 6) is 0.598. The summed E-state index contributed by atoms with van der Waals surface area (Å²) in [5, 5.41) is 0. The molecule has 1 saturated carbocycles. The van der Waals surface area contributed by atoms with Crippen molar-refractivity contribution < 1.29 is 9.59 Å². The minimum absolute atomic E-state index is 0.0146. The molecule has 0 spiro atoms. The summed E-state index contributed by atoms with van der Waals surface area (Å²) in [6, 6.07) is 0. The average molecular weight is 206 g/mol. The van der Waals surface area contributed by atoms with Gasteiger partial charge in [0.1, 0.15) is 5.78 Å². The van der Waals surface area contributed by atoms with Crippen LogP contribution in [0, 0.1) is 11.3 Å². The van der Waals surface area contributed by atoms with E-state index in [2.05, 4.69) is 0 Å². The van der Waals surface area contributed by atoms with Gasteiger partial charge in [0.25, 0.3) is 0 Å². The zero-order valence-corrected chi connectivity index (χ0v) is 9.72. The van der Waals surface area contributed by atoms with Crippen molar-refractivity contribution in [3.8, 4) is 0 Å². The molecule has 2 aliphatic rings. The molecule has 0 saturated heterocycles. The standard InChI is InChI=1S/C13H18O2/c1-8-7-13(3)10(9(2)12(8)15)5-4-6-11(13)14/h8H,4-7H2,1-3H3. The summed E-state index contributed by atoms with van der Waals surface area (Å²) in [7, 11) is 0.